The minimum atomic E-state index is -0.303. The second-order valence-electron chi connectivity index (χ2n) is 4.60. The highest BCUT2D eigenvalue weighted by Crippen LogP contribution is 2.17. The molecule has 1 heterocycles. The van der Waals surface area contributed by atoms with Gasteiger partial charge in [-0.2, -0.15) is 15.0 Å². The maximum Gasteiger partial charge on any atom is 0.230 e. The van der Waals surface area contributed by atoms with Crippen LogP contribution in [0.2, 0.25) is 5.28 Å². The van der Waals surface area contributed by atoms with Gasteiger partial charge in [-0.15, -0.1) is 0 Å². The molecule has 17 heavy (non-hydrogen) atoms. The van der Waals surface area contributed by atoms with Gasteiger partial charge in [0.1, 0.15) is 0 Å². The summed E-state index contributed by atoms with van der Waals surface area (Å²) in [6.07, 6.45) is 0.591. The summed E-state index contributed by atoms with van der Waals surface area (Å²) in [5.74, 6) is 0.902. The maximum absolute atomic E-state index is 8.95. The van der Waals surface area contributed by atoms with Crippen LogP contribution in [-0.2, 0) is 0 Å². The number of aliphatic hydroxyl groups excluding tert-OH is 1. The molecule has 2 N–H and O–H groups in total. The predicted octanol–water partition coefficient (Wildman–Crippen LogP) is 1.16. The van der Waals surface area contributed by atoms with Crippen molar-refractivity contribution >= 4 is 23.5 Å². The highest BCUT2D eigenvalue weighted by atomic mass is 35.5. The number of hydrogen-bond acceptors (Lipinski definition) is 6. The second-order valence-corrected chi connectivity index (χ2v) is 4.94. The number of aromatic nitrogens is 3. The third kappa shape index (κ3) is 4.32. The lowest BCUT2D eigenvalue weighted by molar-refractivity contribution is 0.260. The predicted molar refractivity (Wildman–Crippen MR) is 68.6 cm³/mol. The van der Waals surface area contributed by atoms with Crippen LogP contribution in [0.1, 0.15) is 20.3 Å². The van der Waals surface area contributed by atoms with Gasteiger partial charge in [0, 0.05) is 26.2 Å². The van der Waals surface area contributed by atoms with Crippen molar-refractivity contribution in [3.05, 3.63) is 5.28 Å². The molecule has 6 nitrogen and oxygen atoms in total. The van der Waals surface area contributed by atoms with Gasteiger partial charge in [0.2, 0.25) is 17.2 Å². The normalized spacial score (nSPS) is 11.4. The Morgan fingerprint density at radius 1 is 1.29 bits per heavy atom. The molecule has 0 aliphatic heterocycles. The Bertz CT molecular complexity index is 383. The Balaban J connectivity index is 2.91. The Morgan fingerprint density at radius 2 is 1.94 bits per heavy atom. The summed E-state index contributed by atoms with van der Waals surface area (Å²) in [4.78, 5) is 14.0. The first-order chi connectivity index (χ1) is 7.84. The van der Waals surface area contributed by atoms with Gasteiger partial charge < -0.3 is 15.3 Å². The zero-order valence-electron chi connectivity index (χ0n) is 10.5. The molecule has 0 aliphatic carbocycles. The molecule has 0 fully saturated rings. The Kier molecular flexibility index (Phi) is 4.47. The smallest absolute Gasteiger partial charge is 0.230 e. The largest absolute Gasteiger partial charge is 0.396 e. The second kappa shape index (κ2) is 5.46. The molecule has 0 atom stereocenters. The summed E-state index contributed by atoms with van der Waals surface area (Å²) < 4.78 is 0. The van der Waals surface area contributed by atoms with Crippen molar-refractivity contribution in [3.8, 4) is 0 Å². The molecule has 0 spiro atoms. The van der Waals surface area contributed by atoms with Crippen LogP contribution >= 0.6 is 11.6 Å². The standard InChI is InChI=1S/C10H18ClN5O/c1-10(2,5-6-17)15-8-12-7(11)13-9(14-8)16(3)4/h17H,5-6H2,1-4H3,(H,12,13,14,15). The Morgan fingerprint density at radius 3 is 2.47 bits per heavy atom. The molecule has 0 unspecified atom stereocenters. The van der Waals surface area contributed by atoms with Crippen LogP contribution < -0.4 is 10.2 Å². The number of anilines is 2. The van der Waals surface area contributed by atoms with E-state index < -0.39 is 0 Å². The lowest BCUT2D eigenvalue weighted by Gasteiger charge is -2.25. The Hall–Kier alpha value is -1.14. The molecule has 1 aromatic rings. The molecular weight excluding hydrogens is 242 g/mol. The highest BCUT2D eigenvalue weighted by molar-refractivity contribution is 6.28. The first-order valence-corrected chi connectivity index (χ1v) is 5.70. The van der Waals surface area contributed by atoms with Gasteiger partial charge in [-0.3, -0.25) is 0 Å². The third-order valence-corrected chi connectivity index (χ3v) is 2.35. The number of hydrogen-bond donors (Lipinski definition) is 2. The molecule has 1 rings (SSSR count). The quantitative estimate of drug-likeness (QED) is 0.827. The summed E-state index contributed by atoms with van der Waals surface area (Å²) in [5.41, 5.74) is -0.303. The van der Waals surface area contributed by atoms with Crippen molar-refractivity contribution in [1.82, 2.24) is 15.0 Å². The summed E-state index contributed by atoms with van der Waals surface area (Å²) in [6, 6.07) is 0. The molecule has 0 saturated heterocycles. The van der Waals surface area contributed by atoms with Crippen LogP contribution in [0, 0.1) is 0 Å². The summed E-state index contributed by atoms with van der Waals surface area (Å²) in [7, 11) is 3.66. The van der Waals surface area contributed by atoms with Crippen LogP contribution in [0.25, 0.3) is 0 Å². The number of nitrogens with one attached hydrogen (secondary N) is 1. The van der Waals surface area contributed by atoms with E-state index in [-0.39, 0.29) is 17.4 Å². The zero-order valence-corrected chi connectivity index (χ0v) is 11.3. The molecule has 0 amide bonds. The SMILES string of the molecule is CN(C)c1nc(Cl)nc(NC(C)(C)CCO)n1. The minimum Gasteiger partial charge on any atom is -0.396 e. The van der Waals surface area contributed by atoms with Gasteiger partial charge in [-0.25, -0.2) is 0 Å². The van der Waals surface area contributed by atoms with E-state index in [4.69, 9.17) is 16.7 Å². The van der Waals surface area contributed by atoms with E-state index in [9.17, 15) is 0 Å². The fourth-order valence-corrected chi connectivity index (χ4v) is 1.40. The van der Waals surface area contributed by atoms with E-state index >= 15 is 0 Å². The number of rotatable bonds is 5. The van der Waals surface area contributed by atoms with Crippen LogP contribution in [0.5, 0.6) is 0 Å². The number of aliphatic hydroxyl groups is 1. The number of nitrogens with zero attached hydrogens (tertiary/aromatic N) is 4. The minimum absolute atomic E-state index is 0.0966. The van der Waals surface area contributed by atoms with Crippen molar-refractivity contribution in [1.29, 1.82) is 0 Å². The van der Waals surface area contributed by atoms with Crippen LogP contribution in [0.15, 0.2) is 0 Å². The van der Waals surface area contributed by atoms with Gasteiger partial charge in [-0.05, 0) is 31.9 Å². The van der Waals surface area contributed by atoms with Crippen molar-refractivity contribution in [2.24, 2.45) is 0 Å². The fourth-order valence-electron chi connectivity index (χ4n) is 1.24. The van der Waals surface area contributed by atoms with E-state index in [1.54, 1.807) is 4.90 Å². The summed E-state index contributed by atoms with van der Waals surface area (Å²) >= 11 is 5.82. The molecule has 96 valence electrons. The molecule has 0 aliphatic rings. The van der Waals surface area contributed by atoms with Crippen LogP contribution in [0.4, 0.5) is 11.9 Å². The van der Waals surface area contributed by atoms with Crippen molar-refractivity contribution < 1.29 is 5.11 Å². The van der Waals surface area contributed by atoms with Crippen LogP contribution in [-0.4, -0.2) is 46.3 Å². The lowest BCUT2D eigenvalue weighted by Crippen LogP contribution is -2.33. The molecule has 0 radical (unpaired) electrons. The first-order valence-electron chi connectivity index (χ1n) is 5.32. The molecule has 1 aromatic heterocycles. The zero-order chi connectivity index (χ0) is 13.1. The topological polar surface area (TPSA) is 74.2 Å². The lowest BCUT2D eigenvalue weighted by atomic mass is 10.0. The highest BCUT2D eigenvalue weighted by Gasteiger charge is 2.19. The van der Waals surface area contributed by atoms with E-state index in [0.29, 0.717) is 18.3 Å². The summed E-state index contributed by atoms with van der Waals surface area (Å²) in [5, 5.41) is 12.2. The average molecular weight is 260 g/mol. The fraction of sp³-hybridized carbons (Fsp3) is 0.700. The average Bonchev–Trinajstić information content (AvgIpc) is 2.15. The van der Waals surface area contributed by atoms with Crippen molar-refractivity contribution in [2.75, 3.05) is 30.9 Å². The molecule has 0 saturated carbocycles. The van der Waals surface area contributed by atoms with Crippen LogP contribution in [0.3, 0.4) is 0 Å². The maximum atomic E-state index is 8.95. The first kappa shape index (κ1) is 13.9. The van der Waals surface area contributed by atoms with Gasteiger partial charge in [0.05, 0.1) is 0 Å². The molecule has 7 heteroatoms. The van der Waals surface area contributed by atoms with E-state index in [1.165, 1.54) is 0 Å². The van der Waals surface area contributed by atoms with E-state index in [0.717, 1.165) is 0 Å². The van der Waals surface area contributed by atoms with Gasteiger partial charge in [0.15, 0.2) is 0 Å². The monoisotopic (exact) mass is 259 g/mol. The Labute approximate surface area is 106 Å². The number of halogens is 1. The van der Waals surface area contributed by atoms with E-state index in [2.05, 4.69) is 20.3 Å². The molecule has 0 aromatic carbocycles. The molecule has 0 bridgehead atoms. The van der Waals surface area contributed by atoms with Gasteiger partial charge in [-0.1, -0.05) is 0 Å². The molecular formula is C10H18ClN5O. The third-order valence-electron chi connectivity index (χ3n) is 2.18. The van der Waals surface area contributed by atoms with E-state index in [1.807, 2.05) is 27.9 Å². The van der Waals surface area contributed by atoms with Gasteiger partial charge >= 0.3 is 0 Å². The summed E-state index contributed by atoms with van der Waals surface area (Å²) in [6.45, 7) is 4.01. The van der Waals surface area contributed by atoms with Crippen molar-refractivity contribution in [2.45, 2.75) is 25.8 Å². The van der Waals surface area contributed by atoms with Gasteiger partial charge in [0.25, 0.3) is 0 Å². The van der Waals surface area contributed by atoms with Crippen molar-refractivity contribution in [3.63, 3.8) is 0 Å².